The standard InChI is InChI=1S/C9H7ClN2S/c10-6-3-5-13-9(6)8-7(11)2-1-4-12-8/h1-5H,11H2. The number of pyridine rings is 1. The zero-order valence-corrected chi connectivity index (χ0v) is 8.27. The highest BCUT2D eigenvalue weighted by molar-refractivity contribution is 7.14. The summed E-state index contributed by atoms with van der Waals surface area (Å²) < 4.78 is 0. The Morgan fingerprint density at radius 1 is 1.38 bits per heavy atom. The molecule has 0 spiro atoms. The highest BCUT2D eigenvalue weighted by Crippen LogP contribution is 2.34. The van der Waals surface area contributed by atoms with E-state index in [1.54, 1.807) is 23.6 Å². The summed E-state index contributed by atoms with van der Waals surface area (Å²) in [6, 6.07) is 5.47. The number of halogens is 1. The number of nitrogen functional groups attached to an aromatic ring is 1. The van der Waals surface area contributed by atoms with Crippen molar-refractivity contribution >= 4 is 28.6 Å². The fraction of sp³-hybridized carbons (Fsp3) is 0. The van der Waals surface area contributed by atoms with Crippen LogP contribution in [-0.2, 0) is 0 Å². The van der Waals surface area contributed by atoms with Crippen LogP contribution >= 0.6 is 22.9 Å². The van der Waals surface area contributed by atoms with Gasteiger partial charge < -0.3 is 5.73 Å². The van der Waals surface area contributed by atoms with Crippen LogP contribution in [0.15, 0.2) is 29.8 Å². The molecule has 2 aromatic rings. The Hall–Kier alpha value is -1.06. The minimum atomic E-state index is 0.659. The Morgan fingerprint density at radius 2 is 2.23 bits per heavy atom. The summed E-state index contributed by atoms with van der Waals surface area (Å²) in [6.07, 6.45) is 1.71. The van der Waals surface area contributed by atoms with Gasteiger partial charge in [-0.05, 0) is 23.6 Å². The Kier molecular flexibility index (Phi) is 2.20. The molecule has 66 valence electrons. The van der Waals surface area contributed by atoms with E-state index in [0.717, 1.165) is 10.6 Å². The maximum absolute atomic E-state index is 5.96. The fourth-order valence-electron chi connectivity index (χ4n) is 1.07. The average molecular weight is 211 g/mol. The van der Waals surface area contributed by atoms with Gasteiger partial charge in [-0.25, -0.2) is 0 Å². The number of hydrogen-bond acceptors (Lipinski definition) is 3. The van der Waals surface area contributed by atoms with Crippen molar-refractivity contribution in [3.05, 3.63) is 34.8 Å². The van der Waals surface area contributed by atoms with Gasteiger partial charge in [-0.3, -0.25) is 4.98 Å². The second kappa shape index (κ2) is 3.36. The lowest BCUT2D eigenvalue weighted by Crippen LogP contribution is -1.90. The third kappa shape index (κ3) is 1.53. The van der Waals surface area contributed by atoms with E-state index in [-0.39, 0.29) is 0 Å². The molecule has 0 fully saturated rings. The Balaban J connectivity index is 2.59. The molecule has 2 N–H and O–H groups in total. The zero-order valence-electron chi connectivity index (χ0n) is 6.70. The molecule has 0 aliphatic rings. The van der Waals surface area contributed by atoms with E-state index in [1.165, 1.54) is 0 Å². The molecule has 0 amide bonds. The van der Waals surface area contributed by atoms with Gasteiger partial charge in [-0.15, -0.1) is 11.3 Å². The first-order valence-corrected chi connectivity index (χ1v) is 4.98. The van der Waals surface area contributed by atoms with Crippen LogP contribution in [-0.4, -0.2) is 4.98 Å². The van der Waals surface area contributed by atoms with Crippen molar-refractivity contribution in [1.29, 1.82) is 0 Å². The lowest BCUT2D eigenvalue weighted by Gasteiger charge is -2.00. The number of thiophene rings is 1. The maximum atomic E-state index is 5.96. The molecule has 0 unspecified atom stereocenters. The van der Waals surface area contributed by atoms with Crippen molar-refractivity contribution in [3.8, 4) is 10.6 Å². The van der Waals surface area contributed by atoms with Crippen LogP contribution in [0.25, 0.3) is 10.6 Å². The molecule has 0 radical (unpaired) electrons. The molecule has 2 nitrogen and oxygen atoms in total. The first kappa shape index (κ1) is 8.53. The van der Waals surface area contributed by atoms with Crippen LogP contribution in [0.4, 0.5) is 5.69 Å². The molecule has 0 aliphatic heterocycles. The van der Waals surface area contributed by atoms with E-state index in [0.29, 0.717) is 10.7 Å². The van der Waals surface area contributed by atoms with Crippen molar-refractivity contribution in [2.45, 2.75) is 0 Å². The van der Waals surface area contributed by atoms with E-state index < -0.39 is 0 Å². The van der Waals surface area contributed by atoms with Crippen molar-refractivity contribution in [3.63, 3.8) is 0 Å². The van der Waals surface area contributed by atoms with Gasteiger partial charge in [0.1, 0.15) is 5.69 Å². The quantitative estimate of drug-likeness (QED) is 0.786. The fourth-order valence-corrected chi connectivity index (χ4v) is 2.23. The number of aromatic nitrogens is 1. The average Bonchev–Trinajstić information content (AvgIpc) is 2.52. The molecule has 0 aromatic carbocycles. The Morgan fingerprint density at radius 3 is 2.85 bits per heavy atom. The van der Waals surface area contributed by atoms with Gasteiger partial charge in [-0.2, -0.15) is 0 Å². The number of anilines is 1. The van der Waals surface area contributed by atoms with Crippen LogP contribution in [0.1, 0.15) is 0 Å². The molecule has 4 heteroatoms. The summed E-state index contributed by atoms with van der Waals surface area (Å²) >= 11 is 7.50. The Labute approximate surface area is 85.0 Å². The minimum absolute atomic E-state index is 0.659. The summed E-state index contributed by atoms with van der Waals surface area (Å²) in [6.45, 7) is 0. The number of nitrogens with zero attached hydrogens (tertiary/aromatic N) is 1. The van der Waals surface area contributed by atoms with Crippen LogP contribution in [0.2, 0.25) is 5.02 Å². The van der Waals surface area contributed by atoms with Crippen molar-refractivity contribution in [1.82, 2.24) is 4.98 Å². The molecule has 0 aliphatic carbocycles. The third-order valence-corrected chi connectivity index (χ3v) is 3.02. The summed E-state index contributed by atoms with van der Waals surface area (Å²) in [5.41, 5.74) is 7.19. The van der Waals surface area contributed by atoms with Crippen LogP contribution < -0.4 is 5.73 Å². The molecule has 0 atom stereocenters. The molecule has 2 rings (SSSR count). The summed E-state index contributed by atoms with van der Waals surface area (Å²) in [5.74, 6) is 0. The van der Waals surface area contributed by atoms with Crippen molar-refractivity contribution in [2.75, 3.05) is 5.73 Å². The lowest BCUT2D eigenvalue weighted by molar-refractivity contribution is 1.34. The first-order valence-electron chi connectivity index (χ1n) is 3.73. The predicted octanol–water partition coefficient (Wildman–Crippen LogP) is 3.05. The van der Waals surface area contributed by atoms with E-state index >= 15 is 0 Å². The molecule has 13 heavy (non-hydrogen) atoms. The maximum Gasteiger partial charge on any atom is 0.105 e. The normalized spacial score (nSPS) is 10.2. The first-order chi connectivity index (χ1) is 6.29. The highest BCUT2D eigenvalue weighted by atomic mass is 35.5. The highest BCUT2D eigenvalue weighted by Gasteiger charge is 2.08. The smallest absolute Gasteiger partial charge is 0.105 e. The second-order valence-corrected chi connectivity index (χ2v) is 3.86. The monoisotopic (exact) mass is 210 g/mol. The molecular formula is C9H7ClN2S. The molecule has 0 bridgehead atoms. The van der Waals surface area contributed by atoms with E-state index in [2.05, 4.69) is 4.98 Å². The van der Waals surface area contributed by atoms with Gasteiger partial charge in [0.25, 0.3) is 0 Å². The third-order valence-electron chi connectivity index (χ3n) is 1.67. The van der Waals surface area contributed by atoms with Crippen molar-refractivity contribution in [2.24, 2.45) is 0 Å². The van der Waals surface area contributed by atoms with Crippen LogP contribution in [0.3, 0.4) is 0 Å². The predicted molar refractivity (Wildman–Crippen MR) is 57.0 cm³/mol. The molecule has 2 heterocycles. The molecule has 0 saturated heterocycles. The zero-order chi connectivity index (χ0) is 9.26. The van der Waals surface area contributed by atoms with Gasteiger partial charge in [0.05, 0.1) is 15.6 Å². The lowest BCUT2D eigenvalue weighted by atomic mass is 10.2. The second-order valence-electron chi connectivity index (χ2n) is 2.54. The number of nitrogens with two attached hydrogens (primary N) is 1. The van der Waals surface area contributed by atoms with E-state index in [4.69, 9.17) is 17.3 Å². The van der Waals surface area contributed by atoms with Crippen molar-refractivity contribution < 1.29 is 0 Å². The largest absolute Gasteiger partial charge is 0.397 e. The Bertz CT molecular complexity index is 425. The van der Waals surface area contributed by atoms with Crippen LogP contribution in [0.5, 0.6) is 0 Å². The summed E-state index contributed by atoms with van der Waals surface area (Å²) in [7, 11) is 0. The number of hydrogen-bond donors (Lipinski definition) is 1. The minimum Gasteiger partial charge on any atom is -0.397 e. The summed E-state index contributed by atoms with van der Waals surface area (Å²) in [4.78, 5) is 5.11. The van der Waals surface area contributed by atoms with Gasteiger partial charge in [-0.1, -0.05) is 11.6 Å². The van der Waals surface area contributed by atoms with Gasteiger partial charge in [0, 0.05) is 6.20 Å². The van der Waals surface area contributed by atoms with E-state index in [1.807, 2.05) is 17.5 Å². The van der Waals surface area contributed by atoms with Gasteiger partial charge in [0.15, 0.2) is 0 Å². The van der Waals surface area contributed by atoms with Gasteiger partial charge in [0.2, 0.25) is 0 Å². The van der Waals surface area contributed by atoms with E-state index in [9.17, 15) is 0 Å². The van der Waals surface area contributed by atoms with Gasteiger partial charge >= 0.3 is 0 Å². The SMILES string of the molecule is Nc1cccnc1-c1sccc1Cl. The molecule has 2 aromatic heterocycles. The molecule has 0 saturated carbocycles. The summed E-state index contributed by atoms with van der Waals surface area (Å²) in [5, 5.41) is 2.63. The molecular weight excluding hydrogens is 204 g/mol. The van der Waals surface area contributed by atoms with Crippen LogP contribution in [0, 0.1) is 0 Å². The topological polar surface area (TPSA) is 38.9 Å². The number of rotatable bonds is 1.